The molecule has 1 fully saturated rings. The highest BCUT2D eigenvalue weighted by molar-refractivity contribution is 5.96. The fourth-order valence-electron chi connectivity index (χ4n) is 2.21. The molecule has 1 aromatic rings. The lowest BCUT2D eigenvalue weighted by Gasteiger charge is -2.35. The third kappa shape index (κ3) is 2.93. The summed E-state index contributed by atoms with van der Waals surface area (Å²) in [5.74, 6) is -1.13. The van der Waals surface area contributed by atoms with Crippen molar-refractivity contribution in [3.63, 3.8) is 0 Å². The molecule has 1 aromatic carbocycles. The predicted octanol–water partition coefficient (Wildman–Crippen LogP) is 1.51. The molecule has 0 bridgehead atoms. The largest absolute Gasteiger partial charge is 0.481 e. The molecule has 1 atom stereocenters. The molecule has 1 amide bonds. The lowest BCUT2D eigenvalue weighted by atomic mass is 10.1. The number of anilines is 1. The van der Waals surface area contributed by atoms with Gasteiger partial charge in [-0.3, -0.25) is 9.59 Å². The minimum atomic E-state index is -0.933. The van der Waals surface area contributed by atoms with Crippen LogP contribution >= 0.6 is 0 Å². The standard InChI is InChI=1S/C14H17NO4/c1-9-3-4-11(5-10(9)2)15-12(6-14(17)18)7-19-8-13(15)16/h3-5,12H,6-8H2,1-2H3,(H,17,18). The van der Waals surface area contributed by atoms with E-state index in [4.69, 9.17) is 9.84 Å². The molecule has 1 heterocycles. The first-order valence-corrected chi connectivity index (χ1v) is 6.18. The summed E-state index contributed by atoms with van der Waals surface area (Å²) in [4.78, 5) is 24.4. The number of benzene rings is 1. The Bertz CT molecular complexity index is 512. The van der Waals surface area contributed by atoms with Crippen LogP contribution in [0.2, 0.25) is 0 Å². The normalized spacial score (nSPS) is 19.6. The van der Waals surface area contributed by atoms with Crippen LogP contribution in [-0.2, 0) is 14.3 Å². The molecule has 1 N–H and O–H groups in total. The van der Waals surface area contributed by atoms with E-state index in [1.165, 1.54) is 0 Å². The van der Waals surface area contributed by atoms with Gasteiger partial charge in [-0.05, 0) is 37.1 Å². The summed E-state index contributed by atoms with van der Waals surface area (Å²) in [6, 6.07) is 5.25. The van der Waals surface area contributed by atoms with E-state index in [2.05, 4.69) is 0 Å². The van der Waals surface area contributed by atoms with Crippen LogP contribution < -0.4 is 4.90 Å². The van der Waals surface area contributed by atoms with Gasteiger partial charge in [0.2, 0.25) is 0 Å². The highest BCUT2D eigenvalue weighted by atomic mass is 16.5. The van der Waals surface area contributed by atoms with Gasteiger partial charge in [-0.2, -0.15) is 0 Å². The predicted molar refractivity (Wildman–Crippen MR) is 70.3 cm³/mol. The van der Waals surface area contributed by atoms with E-state index in [-0.39, 0.29) is 25.5 Å². The molecule has 1 aliphatic rings. The molecule has 19 heavy (non-hydrogen) atoms. The number of aryl methyl sites for hydroxylation is 2. The number of ether oxygens (including phenoxy) is 1. The zero-order valence-electron chi connectivity index (χ0n) is 11.0. The van der Waals surface area contributed by atoms with Gasteiger partial charge >= 0.3 is 5.97 Å². The van der Waals surface area contributed by atoms with Crippen LogP contribution in [0, 0.1) is 13.8 Å². The second-order valence-corrected chi connectivity index (χ2v) is 4.80. The summed E-state index contributed by atoms with van der Waals surface area (Å²) in [7, 11) is 0. The van der Waals surface area contributed by atoms with E-state index in [9.17, 15) is 9.59 Å². The third-order valence-electron chi connectivity index (χ3n) is 3.35. The van der Waals surface area contributed by atoms with Crippen LogP contribution in [0.1, 0.15) is 17.5 Å². The first-order chi connectivity index (χ1) is 8.99. The van der Waals surface area contributed by atoms with E-state index in [1.54, 1.807) is 4.90 Å². The van der Waals surface area contributed by atoms with Crippen molar-refractivity contribution in [3.05, 3.63) is 29.3 Å². The molecule has 2 rings (SSSR count). The number of hydrogen-bond acceptors (Lipinski definition) is 3. The van der Waals surface area contributed by atoms with E-state index >= 15 is 0 Å². The zero-order chi connectivity index (χ0) is 14.0. The van der Waals surface area contributed by atoms with Crippen molar-refractivity contribution >= 4 is 17.6 Å². The maximum Gasteiger partial charge on any atom is 0.305 e. The first kappa shape index (κ1) is 13.5. The highest BCUT2D eigenvalue weighted by Gasteiger charge is 2.31. The van der Waals surface area contributed by atoms with E-state index in [0.29, 0.717) is 0 Å². The maximum absolute atomic E-state index is 12.0. The van der Waals surface area contributed by atoms with Crippen molar-refractivity contribution in [2.45, 2.75) is 26.3 Å². The summed E-state index contributed by atoms with van der Waals surface area (Å²) in [6.45, 7) is 4.22. The average molecular weight is 263 g/mol. The molecule has 1 aliphatic heterocycles. The van der Waals surface area contributed by atoms with Crippen molar-refractivity contribution in [1.29, 1.82) is 0 Å². The molecule has 0 aliphatic carbocycles. The number of carbonyl (C=O) groups is 2. The van der Waals surface area contributed by atoms with Gasteiger partial charge in [0.25, 0.3) is 5.91 Å². The van der Waals surface area contributed by atoms with E-state index in [1.807, 2.05) is 32.0 Å². The van der Waals surface area contributed by atoms with Gasteiger partial charge in [0.15, 0.2) is 0 Å². The third-order valence-corrected chi connectivity index (χ3v) is 3.35. The van der Waals surface area contributed by atoms with Crippen LogP contribution in [-0.4, -0.2) is 36.2 Å². The topological polar surface area (TPSA) is 66.8 Å². The molecule has 5 nitrogen and oxygen atoms in total. The number of carbonyl (C=O) groups excluding carboxylic acids is 1. The summed E-state index contributed by atoms with van der Waals surface area (Å²) in [5.41, 5.74) is 2.95. The summed E-state index contributed by atoms with van der Waals surface area (Å²) < 4.78 is 5.15. The quantitative estimate of drug-likeness (QED) is 0.897. The molecule has 0 radical (unpaired) electrons. The maximum atomic E-state index is 12.0. The zero-order valence-corrected chi connectivity index (χ0v) is 11.0. The second kappa shape index (κ2) is 5.40. The molecule has 1 saturated heterocycles. The van der Waals surface area contributed by atoms with Crippen molar-refractivity contribution in [2.24, 2.45) is 0 Å². The van der Waals surface area contributed by atoms with E-state index in [0.717, 1.165) is 16.8 Å². The number of carboxylic acid groups (broad SMARTS) is 1. The number of morpholine rings is 1. The van der Waals surface area contributed by atoms with Gasteiger partial charge in [0, 0.05) is 5.69 Å². The fourth-order valence-corrected chi connectivity index (χ4v) is 2.21. The summed E-state index contributed by atoms with van der Waals surface area (Å²) in [5, 5.41) is 8.92. The Kier molecular flexibility index (Phi) is 3.85. The Hall–Kier alpha value is -1.88. The Labute approximate surface area is 111 Å². The van der Waals surface area contributed by atoms with Gasteiger partial charge in [0.1, 0.15) is 6.61 Å². The minimum Gasteiger partial charge on any atom is -0.481 e. The number of hydrogen-bond donors (Lipinski definition) is 1. The van der Waals surface area contributed by atoms with Crippen LogP contribution in [0.3, 0.4) is 0 Å². The number of nitrogens with zero attached hydrogens (tertiary/aromatic N) is 1. The number of rotatable bonds is 3. The van der Waals surface area contributed by atoms with Gasteiger partial charge in [-0.1, -0.05) is 6.07 Å². The summed E-state index contributed by atoms with van der Waals surface area (Å²) in [6.07, 6.45) is -0.112. The fraction of sp³-hybridized carbons (Fsp3) is 0.429. The SMILES string of the molecule is Cc1ccc(N2C(=O)COCC2CC(=O)O)cc1C. The van der Waals surface area contributed by atoms with Crippen LogP contribution in [0.15, 0.2) is 18.2 Å². The first-order valence-electron chi connectivity index (χ1n) is 6.18. The van der Waals surface area contributed by atoms with Crippen molar-refractivity contribution in [2.75, 3.05) is 18.1 Å². The number of aliphatic carboxylic acids is 1. The Morgan fingerprint density at radius 1 is 1.42 bits per heavy atom. The molecule has 0 saturated carbocycles. The monoisotopic (exact) mass is 263 g/mol. The second-order valence-electron chi connectivity index (χ2n) is 4.80. The Balaban J connectivity index is 2.32. The van der Waals surface area contributed by atoms with Crippen molar-refractivity contribution in [3.8, 4) is 0 Å². The molecular weight excluding hydrogens is 246 g/mol. The van der Waals surface area contributed by atoms with Crippen molar-refractivity contribution in [1.82, 2.24) is 0 Å². The van der Waals surface area contributed by atoms with Crippen molar-refractivity contribution < 1.29 is 19.4 Å². The Morgan fingerprint density at radius 3 is 2.79 bits per heavy atom. The molecular formula is C14H17NO4. The lowest BCUT2D eigenvalue weighted by Crippen LogP contribution is -2.50. The Morgan fingerprint density at radius 2 is 2.16 bits per heavy atom. The molecule has 1 unspecified atom stereocenters. The minimum absolute atomic E-state index is 0.00302. The van der Waals surface area contributed by atoms with Crippen LogP contribution in [0.4, 0.5) is 5.69 Å². The molecule has 0 aromatic heterocycles. The highest BCUT2D eigenvalue weighted by Crippen LogP contribution is 2.24. The van der Waals surface area contributed by atoms with Gasteiger partial charge in [-0.15, -0.1) is 0 Å². The van der Waals surface area contributed by atoms with Crippen LogP contribution in [0.5, 0.6) is 0 Å². The number of carboxylic acids is 1. The van der Waals surface area contributed by atoms with E-state index < -0.39 is 12.0 Å². The van der Waals surface area contributed by atoms with Gasteiger partial charge in [-0.25, -0.2) is 0 Å². The van der Waals surface area contributed by atoms with Crippen LogP contribution in [0.25, 0.3) is 0 Å². The van der Waals surface area contributed by atoms with Gasteiger partial charge < -0.3 is 14.7 Å². The molecule has 5 heteroatoms. The van der Waals surface area contributed by atoms with Gasteiger partial charge in [0.05, 0.1) is 19.1 Å². The number of amides is 1. The molecule has 0 spiro atoms. The molecule has 102 valence electrons. The summed E-state index contributed by atoms with van der Waals surface area (Å²) >= 11 is 0. The lowest BCUT2D eigenvalue weighted by molar-refractivity contribution is -0.138. The smallest absolute Gasteiger partial charge is 0.305 e. The average Bonchev–Trinajstić information content (AvgIpc) is 2.32.